The summed E-state index contributed by atoms with van der Waals surface area (Å²) < 4.78 is 5.94. The van der Waals surface area contributed by atoms with Crippen molar-refractivity contribution in [3.63, 3.8) is 0 Å². The Kier molecular flexibility index (Phi) is 7.06. The van der Waals surface area contributed by atoms with Crippen LogP contribution >= 0.6 is 11.8 Å². The lowest BCUT2D eigenvalue weighted by Crippen LogP contribution is -2.76. The highest BCUT2D eigenvalue weighted by atomic mass is 32.2. The van der Waals surface area contributed by atoms with E-state index in [1.165, 1.54) is 16.7 Å². The Balaban J connectivity index is 1.30. The Morgan fingerprint density at radius 3 is 2.08 bits per heavy atom. The standard InChI is InChI=1S/C28H26N2O5S/c31-21-17-36-27-23(29-22(32)16-18-10-4-1-5-11-18)26(33)30(27)24(21)28(34)35-25(19-12-6-2-7-13-19)20-14-8-3-9-15-20/h1-15,21,23-25,27,31H,16-17H2,(H,29,32)/t21-,23-,24-,27+/m1/s1. The average molecular weight is 503 g/mol. The van der Waals surface area contributed by atoms with Crippen molar-refractivity contribution in [3.05, 3.63) is 108 Å². The van der Waals surface area contributed by atoms with Crippen LogP contribution in [0, 0.1) is 0 Å². The number of β-lactam (4-membered cyclic amide) rings is 1. The topological polar surface area (TPSA) is 95.9 Å². The molecule has 2 heterocycles. The van der Waals surface area contributed by atoms with Gasteiger partial charge in [-0.25, -0.2) is 4.79 Å². The summed E-state index contributed by atoms with van der Waals surface area (Å²) in [6, 6.07) is 26.1. The van der Waals surface area contributed by atoms with Gasteiger partial charge in [0.25, 0.3) is 0 Å². The summed E-state index contributed by atoms with van der Waals surface area (Å²) in [4.78, 5) is 40.3. The highest BCUT2D eigenvalue weighted by molar-refractivity contribution is 8.00. The number of thioether (sulfide) groups is 1. The highest BCUT2D eigenvalue weighted by Crippen LogP contribution is 2.39. The fraction of sp³-hybridized carbons (Fsp3) is 0.250. The third-order valence-corrected chi connectivity index (χ3v) is 7.76. The summed E-state index contributed by atoms with van der Waals surface area (Å²) in [6.45, 7) is 0. The number of esters is 1. The number of aliphatic hydroxyl groups is 1. The van der Waals surface area contributed by atoms with Gasteiger partial charge in [0.05, 0.1) is 12.5 Å². The molecule has 4 atom stereocenters. The minimum atomic E-state index is -1.14. The van der Waals surface area contributed by atoms with Gasteiger partial charge in [-0.3, -0.25) is 9.59 Å². The van der Waals surface area contributed by atoms with E-state index >= 15 is 0 Å². The molecule has 0 aromatic heterocycles. The fourth-order valence-corrected chi connectivity index (χ4v) is 5.96. The first-order valence-corrected chi connectivity index (χ1v) is 12.8. The SMILES string of the molecule is O=C(Cc1ccccc1)N[C@@H]1C(=O)N2[C@H]1SC[C@@H](O)[C@@H]2C(=O)OC(c1ccccc1)c1ccccc1. The van der Waals surface area contributed by atoms with Gasteiger partial charge < -0.3 is 20.1 Å². The molecule has 5 rings (SSSR count). The molecule has 0 bridgehead atoms. The average Bonchev–Trinajstić information content (AvgIpc) is 2.91. The van der Waals surface area contributed by atoms with Crippen LogP contribution in [0.4, 0.5) is 0 Å². The lowest BCUT2D eigenvalue weighted by Gasteiger charge is -2.53. The summed E-state index contributed by atoms with van der Waals surface area (Å²) in [5.74, 6) is -1.09. The van der Waals surface area contributed by atoms with Gasteiger partial charge in [-0.05, 0) is 16.7 Å². The van der Waals surface area contributed by atoms with Crippen LogP contribution in [0.5, 0.6) is 0 Å². The Morgan fingerprint density at radius 1 is 0.944 bits per heavy atom. The van der Waals surface area contributed by atoms with Crippen LogP contribution in [-0.4, -0.2) is 57.1 Å². The number of aliphatic hydroxyl groups excluding tert-OH is 1. The van der Waals surface area contributed by atoms with Crippen molar-refractivity contribution in [2.45, 2.75) is 36.1 Å². The van der Waals surface area contributed by atoms with E-state index in [1.54, 1.807) is 0 Å². The Bertz CT molecular complexity index is 1180. The molecule has 7 nitrogen and oxygen atoms in total. The van der Waals surface area contributed by atoms with Gasteiger partial charge in [0.1, 0.15) is 11.4 Å². The van der Waals surface area contributed by atoms with Crippen LogP contribution in [0.25, 0.3) is 0 Å². The van der Waals surface area contributed by atoms with E-state index in [9.17, 15) is 19.5 Å². The molecule has 3 aromatic rings. The molecule has 2 N–H and O–H groups in total. The zero-order chi connectivity index (χ0) is 25.1. The smallest absolute Gasteiger partial charge is 0.332 e. The summed E-state index contributed by atoms with van der Waals surface area (Å²) in [7, 11) is 0. The summed E-state index contributed by atoms with van der Waals surface area (Å²) in [6.07, 6.45) is -1.60. The number of hydrogen-bond donors (Lipinski definition) is 2. The highest BCUT2D eigenvalue weighted by Gasteiger charge is 2.58. The lowest BCUT2D eigenvalue weighted by atomic mass is 9.98. The van der Waals surface area contributed by atoms with Crippen LogP contribution in [-0.2, 0) is 25.5 Å². The van der Waals surface area contributed by atoms with E-state index in [-0.39, 0.29) is 18.1 Å². The second-order valence-electron chi connectivity index (χ2n) is 8.83. The van der Waals surface area contributed by atoms with Gasteiger partial charge in [-0.15, -0.1) is 11.8 Å². The van der Waals surface area contributed by atoms with Crippen LogP contribution in [0.15, 0.2) is 91.0 Å². The van der Waals surface area contributed by atoms with E-state index in [1.807, 2.05) is 91.0 Å². The molecule has 0 radical (unpaired) electrons. The van der Waals surface area contributed by atoms with Crippen molar-refractivity contribution in [1.29, 1.82) is 0 Å². The van der Waals surface area contributed by atoms with Crippen LogP contribution < -0.4 is 5.32 Å². The van der Waals surface area contributed by atoms with Crippen LogP contribution in [0.2, 0.25) is 0 Å². The first kappa shape index (κ1) is 24.1. The molecule has 2 fully saturated rings. The minimum Gasteiger partial charge on any atom is -0.451 e. The molecule has 2 amide bonds. The molecule has 2 aliphatic heterocycles. The van der Waals surface area contributed by atoms with Crippen molar-refractivity contribution in [3.8, 4) is 0 Å². The Hall–Kier alpha value is -3.62. The molecule has 2 saturated heterocycles. The second kappa shape index (κ2) is 10.6. The van der Waals surface area contributed by atoms with Crippen molar-refractivity contribution in [2.24, 2.45) is 0 Å². The molecule has 0 unspecified atom stereocenters. The normalized spacial score (nSPS) is 22.9. The van der Waals surface area contributed by atoms with Gasteiger partial charge in [0.15, 0.2) is 12.1 Å². The summed E-state index contributed by atoms with van der Waals surface area (Å²) >= 11 is 1.35. The van der Waals surface area contributed by atoms with Crippen molar-refractivity contribution in [2.75, 3.05) is 5.75 Å². The number of ether oxygens (including phenoxy) is 1. The van der Waals surface area contributed by atoms with E-state index in [4.69, 9.17) is 4.74 Å². The number of carbonyl (C=O) groups excluding carboxylic acids is 3. The number of carbonyl (C=O) groups is 3. The number of hydrogen-bond acceptors (Lipinski definition) is 6. The molecule has 8 heteroatoms. The molecule has 0 spiro atoms. The first-order valence-electron chi connectivity index (χ1n) is 11.8. The number of amides is 2. The van der Waals surface area contributed by atoms with E-state index in [0.717, 1.165) is 16.7 Å². The maximum absolute atomic E-state index is 13.4. The van der Waals surface area contributed by atoms with E-state index in [2.05, 4.69) is 5.32 Å². The van der Waals surface area contributed by atoms with Crippen LogP contribution in [0.3, 0.4) is 0 Å². The van der Waals surface area contributed by atoms with Gasteiger partial charge in [-0.2, -0.15) is 0 Å². The zero-order valence-electron chi connectivity index (χ0n) is 19.4. The molecular formula is C28H26N2O5S. The van der Waals surface area contributed by atoms with Gasteiger partial charge in [0, 0.05) is 5.75 Å². The third kappa shape index (κ3) is 4.87. The number of rotatable bonds is 7. The fourth-order valence-electron chi connectivity index (χ4n) is 4.61. The van der Waals surface area contributed by atoms with Gasteiger partial charge in [0.2, 0.25) is 11.8 Å². The van der Waals surface area contributed by atoms with Gasteiger partial charge >= 0.3 is 5.97 Å². The largest absolute Gasteiger partial charge is 0.451 e. The van der Waals surface area contributed by atoms with E-state index in [0.29, 0.717) is 0 Å². The second-order valence-corrected chi connectivity index (χ2v) is 9.98. The zero-order valence-corrected chi connectivity index (χ0v) is 20.2. The maximum Gasteiger partial charge on any atom is 0.332 e. The predicted molar refractivity (Wildman–Crippen MR) is 136 cm³/mol. The minimum absolute atomic E-state index is 0.159. The maximum atomic E-state index is 13.4. The van der Waals surface area contributed by atoms with Crippen molar-refractivity contribution < 1.29 is 24.2 Å². The molecule has 0 saturated carbocycles. The van der Waals surface area contributed by atoms with Crippen molar-refractivity contribution in [1.82, 2.24) is 10.2 Å². The molecule has 184 valence electrons. The number of benzene rings is 3. The summed E-state index contributed by atoms with van der Waals surface area (Å²) in [5, 5.41) is 13.0. The number of nitrogens with zero attached hydrogens (tertiary/aromatic N) is 1. The lowest BCUT2D eigenvalue weighted by molar-refractivity contribution is -0.173. The van der Waals surface area contributed by atoms with Crippen molar-refractivity contribution >= 4 is 29.5 Å². The summed E-state index contributed by atoms with van der Waals surface area (Å²) in [5.41, 5.74) is 2.42. The molecule has 0 aliphatic carbocycles. The Morgan fingerprint density at radius 2 is 1.50 bits per heavy atom. The van der Waals surface area contributed by atoms with Gasteiger partial charge in [-0.1, -0.05) is 91.0 Å². The van der Waals surface area contributed by atoms with Crippen LogP contribution in [0.1, 0.15) is 22.8 Å². The monoisotopic (exact) mass is 502 g/mol. The molecular weight excluding hydrogens is 476 g/mol. The molecule has 36 heavy (non-hydrogen) atoms. The molecule has 2 aliphatic rings. The van der Waals surface area contributed by atoms with E-state index < -0.39 is 41.5 Å². The number of fused-ring (bicyclic) bond motifs is 1. The third-order valence-electron chi connectivity index (χ3n) is 6.39. The quantitative estimate of drug-likeness (QED) is 0.381. The Labute approximate surface area is 213 Å². The molecule has 3 aromatic carbocycles. The number of nitrogens with one attached hydrogen (secondary N) is 1. The first-order chi connectivity index (χ1) is 17.5. The predicted octanol–water partition coefficient (Wildman–Crippen LogP) is 2.69.